The van der Waals surface area contributed by atoms with E-state index in [1.54, 1.807) is 36.4 Å². The van der Waals surface area contributed by atoms with Crippen LogP contribution in [0.15, 0.2) is 72.8 Å². The molecule has 4 aromatic rings. The van der Waals surface area contributed by atoms with Crippen molar-refractivity contribution in [2.75, 3.05) is 23.8 Å². The molecule has 0 unspecified atom stereocenters. The SMILES string of the molecule is O=C1Nc2ccc3ccc(nc3n2)CNCc2ccc3ccc(nc3n2)NC(=O)OC/C=C/C=C/CO1. The van der Waals surface area contributed by atoms with Crippen LogP contribution in [0, 0.1) is 0 Å². The van der Waals surface area contributed by atoms with Gasteiger partial charge >= 0.3 is 12.2 Å². The summed E-state index contributed by atoms with van der Waals surface area (Å²) in [5, 5.41) is 10.2. The van der Waals surface area contributed by atoms with Crippen LogP contribution in [0.25, 0.3) is 22.1 Å². The summed E-state index contributed by atoms with van der Waals surface area (Å²) in [6, 6.07) is 14.7. The second kappa shape index (κ2) is 11.2. The number of cyclic esters (lactones) is 2. The molecule has 11 nitrogen and oxygen atoms in total. The summed E-state index contributed by atoms with van der Waals surface area (Å²) in [5.41, 5.74) is 2.59. The monoisotopic (exact) mass is 497 g/mol. The predicted octanol–water partition coefficient (Wildman–Crippen LogP) is 4.09. The summed E-state index contributed by atoms with van der Waals surface area (Å²) in [5.74, 6) is 0.680. The molecular formula is C26H23N7O4. The number of ether oxygens (including phenoxy) is 2. The van der Waals surface area contributed by atoms with Crippen molar-refractivity contribution in [2.45, 2.75) is 13.1 Å². The Morgan fingerprint density at radius 2 is 1.05 bits per heavy atom. The van der Waals surface area contributed by atoms with Crippen molar-refractivity contribution >= 4 is 45.9 Å². The normalized spacial score (nSPS) is 17.0. The average Bonchev–Trinajstić information content (AvgIpc) is 2.89. The van der Waals surface area contributed by atoms with Crippen molar-refractivity contribution in [1.29, 1.82) is 0 Å². The zero-order valence-electron chi connectivity index (χ0n) is 19.7. The van der Waals surface area contributed by atoms with Crippen molar-refractivity contribution in [3.63, 3.8) is 0 Å². The fourth-order valence-electron chi connectivity index (χ4n) is 3.53. The summed E-state index contributed by atoms with van der Waals surface area (Å²) in [6.45, 7) is 1.08. The minimum Gasteiger partial charge on any atom is -0.445 e. The molecule has 5 rings (SSSR count). The van der Waals surface area contributed by atoms with E-state index in [2.05, 4.69) is 35.9 Å². The number of nitrogens with zero attached hydrogens (tertiary/aromatic N) is 4. The van der Waals surface area contributed by atoms with Gasteiger partial charge in [-0.05, 0) is 60.7 Å². The maximum Gasteiger partial charge on any atom is 0.413 e. The summed E-state index contributed by atoms with van der Waals surface area (Å²) < 4.78 is 10.3. The Morgan fingerprint density at radius 1 is 0.595 bits per heavy atom. The molecule has 0 atom stereocenters. The van der Waals surface area contributed by atoms with Gasteiger partial charge in [-0.3, -0.25) is 10.6 Å². The highest BCUT2D eigenvalue weighted by atomic mass is 16.6. The molecule has 6 bridgehead atoms. The van der Waals surface area contributed by atoms with Gasteiger partial charge in [0.15, 0.2) is 11.3 Å². The predicted molar refractivity (Wildman–Crippen MR) is 138 cm³/mol. The highest BCUT2D eigenvalue weighted by Crippen LogP contribution is 2.16. The zero-order chi connectivity index (χ0) is 25.5. The van der Waals surface area contributed by atoms with Gasteiger partial charge in [0, 0.05) is 23.9 Å². The molecule has 186 valence electrons. The molecule has 0 spiro atoms. The highest BCUT2D eigenvalue weighted by Gasteiger charge is 2.08. The van der Waals surface area contributed by atoms with Crippen molar-refractivity contribution < 1.29 is 19.1 Å². The van der Waals surface area contributed by atoms with E-state index in [1.807, 2.05) is 36.4 Å². The topological polar surface area (TPSA) is 140 Å². The number of rotatable bonds is 0. The molecule has 1 aliphatic rings. The number of carbonyl (C=O) groups excluding carboxylic acids is 2. The molecule has 3 N–H and O–H groups in total. The molecular weight excluding hydrogens is 474 g/mol. The minimum absolute atomic E-state index is 0.0576. The lowest BCUT2D eigenvalue weighted by Crippen LogP contribution is -2.16. The third-order valence-corrected chi connectivity index (χ3v) is 5.30. The Labute approximate surface area is 211 Å². The molecule has 0 saturated carbocycles. The van der Waals surface area contributed by atoms with Crippen LogP contribution in [0.1, 0.15) is 11.4 Å². The number of aromatic nitrogens is 4. The van der Waals surface area contributed by atoms with Crippen LogP contribution < -0.4 is 16.0 Å². The second-order valence-electron chi connectivity index (χ2n) is 8.00. The summed E-state index contributed by atoms with van der Waals surface area (Å²) in [6.07, 6.45) is 5.38. The molecule has 0 fully saturated rings. The molecule has 0 aromatic carbocycles. The zero-order valence-corrected chi connectivity index (χ0v) is 19.7. The van der Waals surface area contributed by atoms with Crippen molar-refractivity contribution in [2.24, 2.45) is 0 Å². The minimum atomic E-state index is -0.634. The van der Waals surface area contributed by atoms with Crippen LogP contribution in [-0.2, 0) is 22.6 Å². The Kier molecular flexibility index (Phi) is 7.23. The third-order valence-electron chi connectivity index (χ3n) is 5.30. The summed E-state index contributed by atoms with van der Waals surface area (Å²) >= 11 is 0. The van der Waals surface area contributed by atoms with Crippen LogP contribution in [0.5, 0.6) is 0 Å². The van der Waals surface area contributed by atoms with E-state index in [4.69, 9.17) is 9.47 Å². The number of hydrogen-bond acceptors (Lipinski definition) is 9. The lowest BCUT2D eigenvalue weighted by Gasteiger charge is -2.08. The number of allylic oxidation sites excluding steroid dienone is 2. The van der Waals surface area contributed by atoms with Gasteiger partial charge in [0.1, 0.15) is 24.8 Å². The largest absolute Gasteiger partial charge is 0.445 e. The molecule has 2 amide bonds. The van der Waals surface area contributed by atoms with E-state index in [-0.39, 0.29) is 13.2 Å². The lowest BCUT2D eigenvalue weighted by atomic mass is 10.2. The molecule has 0 radical (unpaired) electrons. The number of fused-ring (bicyclic) bond motifs is 4. The smallest absolute Gasteiger partial charge is 0.413 e. The third kappa shape index (κ3) is 6.41. The summed E-state index contributed by atoms with van der Waals surface area (Å²) in [4.78, 5) is 42.2. The Morgan fingerprint density at radius 3 is 1.54 bits per heavy atom. The first-order valence-electron chi connectivity index (χ1n) is 11.6. The summed E-state index contributed by atoms with van der Waals surface area (Å²) in [7, 11) is 0. The van der Waals surface area contributed by atoms with Crippen LogP contribution in [0.3, 0.4) is 0 Å². The van der Waals surface area contributed by atoms with Gasteiger partial charge in [0.25, 0.3) is 0 Å². The fraction of sp³-hybridized carbons (Fsp3) is 0.154. The number of amides is 2. The molecule has 11 heteroatoms. The van der Waals surface area contributed by atoms with Crippen LogP contribution in [-0.4, -0.2) is 45.3 Å². The molecule has 4 aromatic heterocycles. The fourth-order valence-corrected chi connectivity index (χ4v) is 3.53. The highest BCUT2D eigenvalue weighted by molar-refractivity contribution is 5.86. The Hall–Kier alpha value is -4.90. The van der Waals surface area contributed by atoms with E-state index in [0.29, 0.717) is 36.0 Å². The second-order valence-corrected chi connectivity index (χ2v) is 8.00. The number of carbonyl (C=O) groups is 2. The van der Waals surface area contributed by atoms with Crippen LogP contribution >= 0.6 is 0 Å². The average molecular weight is 498 g/mol. The number of pyridine rings is 4. The van der Waals surface area contributed by atoms with Crippen LogP contribution in [0.2, 0.25) is 0 Å². The van der Waals surface area contributed by atoms with E-state index in [1.165, 1.54) is 0 Å². The van der Waals surface area contributed by atoms with Crippen molar-refractivity contribution in [3.05, 3.63) is 84.2 Å². The maximum atomic E-state index is 12.1. The molecule has 0 aliphatic carbocycles. The first-order valence-corrected chi connectivity index (χ1v) is 11.6. The van der Waals surface area contributed by atoms with Crippen molar-refractivity contribution in [1.82, 2.24) is 25.3 Å². The van der Waals surface area contributed by atoms with Gasteiger partial charge in [-0.2, -0.15) is 0 Å². The molecule has 37 heavy (non-hydrogen) atoms. The molecule has 0 saturated heterocycles. The maximum absolute atomic E-state index is 12.1. The molecule has 5 heterocycles. The number of hydrogen-bond donors (Lipinski definition) is 3. The van der Waals surface area contributed by atoms with Gasteiger partial charge in [-0.1, -0.05) is 12.2 Å². The number of nitrogens with one attached hydrogen (secondary N) is 3. The van der Waals surface area contributed by atoms with Gasteiger partial charge in [-0.15, -0.1) is 0 Å². The van der Waals surface area contributed by atoms with Gasteiger partial charge in [0.2, 0.25) is 0 Å². The standard InChI is InChI=1S/C26H23N7O4/c34-25-32-21-11-7-17-5-9-19(28-23(17)30-21)15-27-16-20-10-6-18-8-12-22(31-24(18)29-20)33-26(35)37-14-4-2-1-3-13-36-25/h1-12,27H,13-16H2,(H,28,30,32,34)(H,29,31,33,35)/b3-1+,4-2+. The van der Waals surface area contributed by atoms with Crippen LogP contribution in [0.4, 0.5) is 21.2 Å². The Balaban J connectivity index is 1.37. The van der Waals surface area contributed by atoms with E-state index < -0.39 is 12.2 Å². The first kappa shape index (κ1) is 23.8. The van der Waals surface area contributed by atoms with E-state index >= 15 is 0 Å². The molecule has 1 aliphatic heterocycles. The van der Waals surface area contributed by atoms with E-state index in [0.717, 1.165) is 22.2 Å². The van der Waals surface area contributed by atoms with Crippen molar-refractivity contribution in [3.8, 4) is 0 Å². The van der Waals surface area contributed by atoms with Gasteiger partial charge in [0.05, 0.1) is 11.4 Å². The van der Waals surface area contributed by atoms with E-state index in [9.17, 15) is 9.59 Å². The quantitative estimate of drug-likeness (QED) is 0.328. The lowest BCUT2D eigenvalue weighted by molar-refractivity contribution is 0.173. The first-order chi connectivity index (χ1) is 18.1. The van der Waals surface area contributed by atoms with Gasteiger partial charge in [-0.25, -0.2) is 29.5 Å². The number of anilines is 2. The Bertz CT molecular complexity index is 1410. The van der Waals surface area contributed by atoms with Gasteiger partial charge < -0.3 is 14.8 Å².